The molecule has 1 unspecified atom stereocenters. The van der Waals surface area contributed by atoms with Gasteiger partial charge in [-0.3, -0.25) is 9.78 Å². The molecular weight excluding hydrogens is 388 g/mol. The molecule has 1 aromatic heterocycles. The lowest BCUT2D eigenvalue weighted by atomic mass is 9.78. The van der Waals surface area contributed by atoms with Gasteiger partial charge in [-0.05, 0) is 39.5 Å². The Hall–Kier alpha value is -2.59. The third-order valence-corrected chi connectivity index (χ3v) is 5.77. The second-order valence-electron chi connectivity index (χ2n) is 6.45. The summed E-state index contributed by atoms with van der Waals surface area (Å²) < 4.78 is 0.928. The molecule has 0 aliphatic heterocycles. The third kappa shape index (κ3) is 2.61. The minimum atomic E-state index is -0.638. The Kier molecular flexibility index (Phi) is 4.29. The third-order valence-electron chi connectivity index (χ3n) is 4.86. The highest BCUT2D eigenvalue weighted by Gasteiger charge is 2.35. The topological polar surface area (TPSA) is 53.8 Å². The van der Waals surface area contributed by atoms with Crippen LogP contribution in [-0.2, 0) is 17.6 Å². The summed E-state index contributed by atoms with van der Waals surface area (Å²) in [5.74, 6) is -0.616. The minimum absolute atomic E-state index is 0.0219. The van der Waals surface area contributed by atoms with E-state index in [0.717, 1.165) is 32.1 Å². The molecule has 4 rings (SSSR count). The van der Waals surface area contributed by atoms with Crippen molar-refractivity contribution < 1.29 is 4.79 Å². The van der Waals surface area contributed by atoms with Crippen LogP contribution in [0.1, 0.15) is 28.3 Å². The van der Waals surface area contributed by atoms with Crippen LogP contribution in [0.25, 0.3) is 10.9 Å². The zero-order valence-electron chi connectivity index (χ0n) is 14.1. The van der Waals surface area contributed by atoms with Crippen LogP contribution in [-0.4, -0.2) is 16.5 Å². The van der Waals surface area contributed by atoms with Gasteiger partial charge in [0.1, 0.15) is 5.92 Å². The summed E-state index contributed by atoms with van der Waals surface area (Å²) in [5, 5.41) is 9.70. The molecular formula is C22H17BrN2O. The first-order valence-corrected chi connectivity index (χ1v) is 9.28. The highest BCUT2D eigenvalue weighted by Crippen LogP contribution is 2.37. The van der Waals surface area contributed by atoms with Crippen molar-refractivity contribution in [1.82, 2.24) is 4.98 Å². The summed E-state index contributed by atoms with van der Waals surface area (Å²) in [7, 11) is 0. The zero-order chi connectivity index (χ0) is 18.3. The van der Waals surface area contributed by atoms with Crippen LogP contribution in [0.3, 0.4) is 0 Å². The molecule has 128 valence electrons. The monoisotopic (exact) mass is 404 g/mol. The second kappa shape index (κ2) is 6.61. The molecule has 0 saturated heterocycles. The largest absolute Gasteiger partial charge is 0.303 e. The van der Waals surface area contributed by atoms with Crippen molar-refractivity contribution >= 4 is 38.3 Å². The van der Waals surface area contributed by atoms with Crippen LogP contribution in [0, 0.1) is 5.41 Å². The molecule has 0 saturated carbocycles. The van der Waals surface area contributed by atoms with E-state index in [-0.39, 0.29) is 5.78 Å². The van der Waals surface area contributed by atoms with Gasteiger partial charge in [-0.25, -0.2) is 0 Å². The van der Waals surface area contributed by atoms with E-state index >= 15 is 0 Å². The van der Waals surface area contributed by atoms with Crippen molar-refractivity contribution in [2.24, 2.45) is 0 Å². The minimum Gasteiger partial charge on any atom is -0.303 e. The molecule has 0 bridgehead atoms. The second-order valence-corrected chi connectivity index (χ2v) is 7.24. The number of hydrogen-bond donors (Lipinski definition) is 1. The quantitative estimate of drug-likeness (QED) is 0.624. The molecule has 1 heterocycles. The van der Waals surface area contributed by atoms with E-state index in [1.807, 2.05) is 54.6 Å². The highest BCUT2D eigenvalue weighted by atomic mass is 79.9. The van der Waals surface area contributed by atoms with E-state index in [1.165, 1.54) is 0 Å². The van der Waals surface area contributed by atoms with Crippen LogP contribution >= 0.6 is 15.9 Å². The van der Waals surface area contributed by atoms with E-state index in [9.17, 15) is 4.79 Å². The molecule has 0 spiro atoms. The first kappa shape index (κ1) is 16.9. The maximum Gasteiger partial charge on any atom is 0.152 e. The number of allylic oxidation sites excluding steroid dienone is 1. The van der Waals surface area contributed by atoms with Gasteiger partial charge in [-0.1, -0.05) is 48.5 Å². The summed E-state index contributed by atoms with van der Waals surface area (Å²) >= 11 is 3.70. The molecule has 0 amide bonds. The number of Topliss-reactive ketones (excluding diaryl/α,β-unsaturated/α-hetero) is 1. The Morgan fingerprint density at radius 2 is 1.92 bits per heavy atom. The maximum absolute atomic E-state index is 12.9. The van der Waals surface area contributed by atoms with Gasteiger partial charge in [-0.2, -0.15) is 0 Å². The number of hydrogen-bond acceptors (Lipinski definition) is 3. The number of carbonyl (C=O) groups is 1. The number of fused-ring (bicyclic) bond motifs is 2. The number of ketones is 1. The number of pyridine rings is 1. The number of carbonyl (C=O) groups excluding carboxylic acids is 1. The summed E-state index contributed by atoms with van der Waals surface area (Å²) in [4.78, 5) is 17.8. The smallest absolute Gasteiger partial charge is 0.152 e. The normalized spacial score (nSPS) is 16.6. The van der Waals surface area contributed by atoms with Crippen LogP contribution < -0.4 is 0 Å². The van der Waals surface area contributed by atoms with Gasteiger partial charge >= 0.3 is 0 Å². The molecule has 26 heavy (non-hydrogen) atoms. The standard InChI is InChI=1S/C22H17BrN2O/c1-2-7-16-20(23)15-10-5-6-11-17(15)25-22(16)19-18(26)12-13-8-3-4-9-14(13)21(19)24/h2-6,8-11,19,24H,1,7,12H2. The summed E-state index contributed by atoms with van der Waals surface area (Å²) in [6, 6.07) is 15.5. The number of rotatable bonds is 3. The Morgan fingerprint density at radius 3 is 2.73 bits per heavy atom. The van der Waals surface area contributed by atoms with Gasteiger partial charge < -0.3 is 5.41 Å². The molecule has 4 heteroatoms. The van der Waals surface area contributed by atoms with Crippen molar-refractivity contribution in [3.8, 4) is 0 Å². The van der Waals surface area contributed by atoms with Gasteiger partial charge in [0.2, 0.25) is 0 Å². The molecule has 3 nitrogen and oxygen atoms in total. The van der Waals surface area contributed by atoms with Crippen LogP contribution in [0.15, 0.2) is 65.7 Å². The Morgan fingerprint density at radius 1 is 1.19 bits per heavy atom. The van der Waals surface area contributed by atoms with Crippen molar-refractivity contribution in [2.75, 3.05) is 0 Å². The molecule has 0 fully saturated rings. The Labute approximate surface area is 160 Å². The molecule has 0 radical (unpaired) electrons. The van der Waals surface area contributed by atoms with Gasteiger partial charge in [0.05, 0.1) is 16.9 Å². The van der Waals surface area contributed by atoms with E-state index in [4.69, 9.17) is 10.4 Å². The Bertz CT molecular complexity index is 1070. The lowest BCUT2D eigenvalue weighted by Crippen LogP contribution is -2.31. The maximum atomic E-state index is 12.9. The van der Waals surface area contributed by atoms with Gasteiger partial charge in [-0.15, -0.1) is 6.58 Å². The number of nitrogens with zero attached hydrogens (tertiary/aromatic N) is 1. The number of aromatic nitrogens is 1. The number of nitrogens with one attached hydrogen (secondary N) is 1. The fourth-order valence-corrected chi connectivity index (χ4v) is 4.34. The molecule has 2 aromatic carbocycles. The first-order chi connectivity index (χ1) is 12.6. The van der Waals surface area contributed by atoms with E-state index in [0.29, 0.717) is 24.2 Å². The van der Waals surface area contributed by atoms with Crippen LogP contribution in [0.2, 0.25) is 0 Å². The van der Waals surface area contributed by atoms with E-state index in [1.54, 1.807) is 0 Å². The lowest BCUT2D eigenvalue weighted by molar-refractivity contribution is -0.118. The SMILES string of the molecule is C=CCc1c(C2C(=N)c3ccccc3CC2=O)nc2ccccc2c1Br. The number of halogens is 1. The average Bonchev–Trinajstić information content (AvgIpc) is 2.65. The van der Waals surface area contributed by atoms with Gasteiger partial charge in [0.25, 0.3) is 0 Å². The number of para-hydroxylation sites is 1. The van der Waals surface area contributed by atoms with Crippen molar-refractivity contribution in [2.45, 2.75) is 18.8 Å². The molecule has 1 atom stereocenters. The average molecular weight is 405 g/mol. The van der Waals surface area contributed by atoms with E-state index in [2.05, 4.69) is 22.5 Å². The zero-order valence-corrected chi connectivity index (χ0v) is 15.7. The van der Waals surface area contributed by atoms with Gasteiger partial charge in [0, 0.05) is 21.8 Å². The van der Waals surface area contributed by atoms with Crippen LogP contribution in [0.4, 0.5) is 0 Å². The van der Waals surface area contributed by atoms with Crippen molar-refractivity contribution in [3.63, 3.8) is 0 Å². The fourth-order valence-electron chi connectivity index (χ4n) is 3.64. The predicted octanol–water partition coefficient (Wildman–Crippen LogP) is 5.00. The molecule has 1 N–H and O–H groups in total. The van der Waals surface area contributed by atoms with Gasteiger partial charge in [0.15, 0.2) is 5.78 Å². The fraction of sp³-hybridized carbons (Fsp3) is 0.136. The lowest BCUT2D eigenvalue weighted by Gasteiger charge is -2.26. The van der Waals surface area contributed by atoms with Crippen molar-refractivity contribution in [3.05, 3.63) is 88.0 Å². The summed E-state index contributed by atoms with van der Waals surface area (Å²) in [6.45, 7) is 3.85. The Balaban J connectivity index is 1.96. The summed E-state index contributed by atoms with van der Waals surface area (Å²) in [5.41, 5.74) is 4.51. The first-order valence-electron chi connectivity index (χ1n) is 8.49. The molecule has 1 aliphatic rings. The molecule has 1 aliphatic carbocycles. The number of benzene rings is 2. The van der Waals surface area contributed by atoms with Crippen LogP contribution in [0.5, 0.6) is 0 Å². The predicted molar refractivity (Wildman–Crippen MR) is 108 cm³/mol. The van der Waals surface area contributed by atoms with E-state index < -0.39 is 5.92 Å². The highest BCUT2D eigenvalue weighted by molar-refractivity contribution is 9.10. The van der Waals surface area contributed by atoms with Crippen molar-refractivity contribution in [1.29, 1.82) is 5.41 Å². The molecule has 3 aromatic rings. The summed E-state index contributed by atoms with van der Waals surface area (Å²) in [6.07, 6.45) is 2.74.